The molecular formula is C11H12BrN3S. The van der Waals surface area contributed by atoms with Crippen LogP contribution in [-0.4, -0.2) is 11.4 Å². The second-order valence-electron chi connectivity index (χ2n) is 3.58. The summed E-state index contributed by atoms with van der Waals surface area (Å²) in [5.74, 6) is 0.584. The van der Waals surface area contributed by atoms with Crippen molar-refractivity contribution in [2.45, 2.75) is 6.54 Å². The quantitative estimate of drug-likeness (QED) is 0.946. The number of nitrogens with zero attached hydrogens (tertiary/aromatic N) is 2. The lowest BCUT2D eigenvalue weighted by molar-refractivity contribution is 0.934. The van der Waals surface area contributed by atoms with Gasteiger partial charge in [-0.05, 0) is 29.2 Å². The molecule has 0 aliphatic carbocycles. The van der Waals surface area contributed by atoms with Crippen molar-refractivity contribution >= 4 is 38.3 Å². The highest BCUT2D eigenvalue weighted by Crippen LogP contribution is 2.23. The second kappa shape index (κ2) is 4.84. The Morgan fingerprint density at radius 3 is 2.88 bits per heavy atom. The lowest BCUT2D eigenvalue weighted by atomic mass is 10.2. The number of hydrogen-bond acceptors (Lipinski definition) is 4. The van der Waals surface area contributed by atoms with Crippen molar-refractivity contribution in [3.8, 4) is 0 Å². The summed E-state index contributed by atoms with van der Waals surface area (Å²) >= 11 is 4.88. The van der Waals surface area contributed by atoms with Crippen LogP contribution < -0.4 is 10.6 Å². The van der Waals surface area contributed by atoms with Gasteiger partial charge in [0.25, 0.3) is 0 Å². The van der Waals surface area contributed by atoms with E-state index in [0.717, 1.165) is 16.0 Å². The van der Waals surface area contributed by atoms with E-state index in [9.17, 15) is 0 Å². The van der Waals surface area contributed by atoms with Crippen molar-refractivity contribution in [1.29, 1.82) is 0 Å². The van der Waals surface area contributed by atoms with E-state index in [0.29, 0.717) is 5.82 Å². The molecule has 84 valence electrons. The van der Waals surface area contributed by atoms with E-state index in [1.807, 2.05) is 25.2 Å². The number of aromatic nitrogens is 1. The van der Waals surface area contributed by atoms with Crippen LogP contribution in [0.2, 0.25) is 0 Å². The lowest BCUT2D eigenvalue weighted by Gasteiger charge is -2.16. The summed E-state index contributed by atoms with van der Waals surface area (Å²) in [7, 11) is 2.04. The Labute approximate surface area is 107 Å². The van der Waals surface area contributed by atoms with Crippen LogP contribution in [0.3, 0.4) is 0 Å². The molecule has 2 rings (SSSR count). The maximum Gasteiger partial charge on any atom is 0.139 e. The van der Waals surface area contributed by atoms with Crippen LogP contribution >= 0.6 is 27.5 Å². The normalized spacial score (nSPS) is 10.4. The molecule has 16 heavy (non-hydrogen) atoms. The third kappa shape index (κ3) is 2.74. The van der Waals surface area contributed by atoms with E-state index in [1.165, 1.54) is 17.1 Å². The summed E-state index contributed by atoms with van der Waals surface area (Å²) in [4.78, 5) is 2.13. The first-order chi connectivity index (χ1) is 7.65. The molecule has 0 saturated carbocycles. The molecule has 1 heterocycles. The fraction of sp³-hybridized carbons (Fsp3) is 0.182. The molecule has 0 atom stereocenters. The predicted octanol–water partition coefficient (Wildman–Crippen LogP) is 3.12. The molecule has 0 saturated heterocycles. The van der Waals surface area contributed by atoms with Gasteiger partial charge in [0.05, 0.1) is 0 Å². The molecule has 2 aromatic rings. The topological polar surface area (TPSA) is 42.1 Å². The molecule has 0 radical (unpaired) electrons. The molecule has 1 aromatic carbocycles. The molecule has 0 unspecified atom stereocenters. The SMILES string of the molecule is CN(Cc1cccc(Br)c1)c1cc(N)ns1. The molecule has 0 spiro atoms. The van der Waals surface area contributed by atoms with Gasteiger partial charge in [0.15, 0.2) is 0 Å². The third-order valence-electron chi connectivity index (χ3n) is 2.20. The first-order valence-electron chi connectivity index (χ1n) is 4.83. The smallest absolute Gasteiger partial charge is 0.139 e. The number of nitrogen functional groups attached to an aromatic ring is 1. The van der Waals surface area contributed by atoms with Gasteiger partial charge in [-0.1, -0.05) is 28.1 Å². The lowest BCUT2D eigenvalue weighted by Crippen LogP contribution is -2.14. The Balaban J connectivity index is 2.10. The zero-order valence-electron chi connectivity index (χ0n) is 8.85. The maximum absolute atomic E-state index is 5.60. The van der Waals surface area contributed by atoms with E-state index in [1.54, 1.807) is 0 Å². The van der Waals surface area contributed by atoms with Crippen molar-refractivity contribution in [2.24, 2.45) is 0 Å². The average Bonchev–Trinajstić information content (AvgIpc) is 2.65. The number of hydrogen-bond donors (Lipinski definition) is 1. The summed E-state index contributed by atoms with van der Waals surface area (Å²) in [6.45, 7) is 0.848. The predicted molar refractivity (Wildman–Crippen MR) is 72.8 cm³/mol. The van der Waals surface area contributed by atoms with Crippen molar-refractivity contribution in [3.05, 3.63) is 40.4 Å². The second-order valence-corrected chi connectivity index (χ2v) is 5.28. The Bertz CT molecular complexity index is 484. The van der Waals surface area contributed by atoms with E-state index >= 15 is 0 Å². The van der Waals surface area contributed by atoms with Crippen molar-refractivity contribution in [3.63, 3.8) is 0 Å². The summed E-state index contributed by atoms with van der Waals surface area (Å²) < 4.78 is 5.16. The largest absolute Gasteiger partial charge is 0.383 e. The Morgan fingerprint density at radius 2 is 2.25 bits per heavy atom. The first kappa shape index (κ1) is 11.4. The van der Waals surface area contributed by atoms with Gasteiger partial charge >= 0.3 is 0 Å². The number of nitrogens with two attached hydrogens (primary N) is 1. The minimum atomic E-state index is 0.584. The molecule has 5 heteroatoms. The molecule has 0 aliphatic heterocycles. The van der Waals surface area contributed by atoms with Gasteiger partial charge in [-0.2, -0.15) is 4.37 Å². The highest BCUT2D eigenvalue weighted by Gasteiger charge is 2.05. The Hall–Kier alpha value is -1.07. The van der Waals surface area contributed by atoms with Crippen molar-refractivity contribution in [2.75, 3.05) is 17.7 Å². The third-order valence-corrected chi connectivity index (χ3v) is 3.61. The Kier molecular flexibility index (Phi) is 3.46. The van der Waals surface area contributed by atoms with Crippen LogP contribution in [0.5, 0.6) is 0 Å². The summed E-state index contributed by atoms with van der Waals surface area (Å²) in [6, 6.07) is 10.2. The van der Waals surface area contributed by atoms with Crippen molar-refractivity contribution in [1.82, 2.24) is 4.37 Å². The number of rotatable bonds is 3. The summed E-state index contributed by atoms with van der Waals surface area (Å²) in [5.41, 5.74) is 6.85. The zero-order valence-corrected chi connectivity index (χ0v) is 11.3. The maximum atomic E-state index is 5.60. The van der Waals surface area contributed by atoms with Gasteiger partial charge in [0.1, 0.15) is 10.8 Å². The average molecular weight is 298 g/mol. The number of benzene rings is 1. The van der Waals surface area contributed by atoms with Gasteiger partial charge in [0, 0.05) is 24.1 Å². The molecular weight excluding hydrogens is 286 g/mol. The molecule has 0 fully saturated rings. The minimum absolute atomic E-state index is 0.584. The number of halogens is 1. The highest BCUT2D eigenvalue weighted by molar-refractivity contribution is 9.10. The van der Waals surface area contributed by atoms with E-state index < -0.39 is 0 Å². The van der Waals surface area contributed by atoms with Crippen LogP contribution in [0.1, 0.15) is 5.56 Å². The molecule has 0 bridgehead atoms. The van der Waals surface area contributed by atoms with E-state index in [2.05, 4.69) is 37.3 Å². The summed E-state index contributed by atoms with van der Waals surface area (Å²) in [6.07, 6.45) is 0. The fourth-order valence-corrected chi connectivity index (χ4v) is 2.52. The molecule has 1 aromatic heterocycles. The van der Waals surface area contributed by atoms with Crippen LogP contribution in [0.4, 0.5) is 10.8 Å². The van der Waals surface area contributed by atoms with Gasteiger partial charge < -0.3 is 10.6 Å². The van der Waals surface area contributed by atoms with Crippen LogP contribution in [-0.2, 0) is 6.54 Å². The van der Waals surface area contributed by atoms with Gasteiger partial charge in [0.2, 0.25) is 0 Å². The van der Waals surface area contributed by atoms with Gasteiger partial charge in [-0.3, -0.25) is 0 Å². The first-order valence-corrected chi connectivity index (χ1v) is 6.39. The fourth-order valence-electron chi connectivity index (χ4n) is 1.45. The monoisotopic (exact) mass is 297 g/mol. The molecule has 3 nitrogen and oxygen atoms in total. The van der Waals surface area contributed by atoms with Crippen molar-refractivity contribution < 1.29 is 0 Å². The van der Waals surface area contributed by atoms with Gasteiger partial charge in [-0.25, -0.2) is 0 Å². The van der Waals surface area contributed by atoms with E-state index in [4.69, 9.17) is 5.73 Å². The van der Waals surface area contributed by atoms with Crippen LogP contribution in [0.25, 0.3) is 0 Å². The molecule has 2 N–H and O–H groups in total. The standard InChI is InChI=1S/C11H12BrN3S/c1-15(11-6-10(13)14-16-11)7-8-3-2-4-9(12)5-8/h2-6H,7H2,1H3,(H2,13,14). The Morgan fingerprint density at radius 1 is 1.44 bits per heavy atom. The van der Waals surface area contributed by atoms with E-state index in [-0.39, 0.29) is 0 Å². The highest BCUT2D eigenvalue weighted by atomic mass is 79.9. The minimum Gasteiger partial charge on any atom is -0.383 e. The molecule has 0 amide bonds. The number of anilines is 2. The molecule has 0 aliphatic rings. The van der Waals surface area contributed by atoms with Crippen LogP contribution in [0, 0.1) is 0 Å². The van der Waals surface area contributed by atoms with Gasteiger partial charge in [-0.15, -0.1) is 0 Å². The van der Waals surface area contributed by atoms with Crippen LogP contribution in [0.15, 0.2) is 34.8 Å². The summed E-state index contributed by atoms with van der Waals surface area (Å²) in [5, 5.41) is 1.08. The zero-order chi connectivity index (χ0) is 11.5.